The molecule has 0 heterocycles. The highest BCUT2D eigenvalue weighted by Crippen LogP contribution is 2.34. The summed E-state index contributed by atoms with van der Waals surface area (Å²) in [6, 6.07) is 11.0. The Morgan fingerprint density at radius 3 is 1.86 bits per heavy atom. The summed E-state index contributed by atoms with van der Waals surface area (Å²) in [5.41, 5.74) is 5.51. The molecule has 0 aromatic heterocycles. The average Bonchev–Trinajstić information content (AvgIpc) is 2.36. The van der Waals surface area contributed by atoms with E-state index in [-0.39, 0.29) is 5.38 Å². The van der Waals surface area contributed by atoms with Gasteiger partial charge in [-0.05, 0) is 55.2 Å². The SMILES string of the molecule is Cc1cc(C)c(C(Cl)c2ccc(S(C)(=O)=O)cc2)c(C)c1. The Balaban J connectivity index is 2.44. The Hall–Kier alpha value is -1.32. The molecule has 0 spiro atoms. The molecular weight excluding hydrogens is 304 g/mol. The van der Waals surface area contributed by atoms with E-state index in [1.807, 2.05) is 0 Å². The van der Waals surface area contributed by atoms with Gasteiger partial charge in [-0.25, -0.2) is 8.42 Å². The Morgan fingerprint density at radius 2 is 1.43 bits per heavy atom. The number of alkyl halides is 1. The third kappa shape index (κ3) is 3.47. The lowest BCUT2D eigenvalue weighted by molar-refractivity contribution is 0.602. The van der Waals surface area contributed by atoms with Gasteiger partial charge in [0.25, 0.3) is 0 Å². The summed E-state index contributed by atoms with van der Waals surface area (Å²) in [6.45, 7) is 6.17. The van der Waals surface area contributed by atoms with Crippen LogP contribution in [0.25, 0.3) is 0 Å². The lowest BCUT2D eigenvalue weighted by Gasteiger charge is -2.17. The van der Waals surface area contributed by atoms with E-state index >= 15 is 0 Å². The lowest BCUT2D eigenvalue weighted by Crippen LogP contribution is -2.02. The van der Waals surface area contributed by atoms with E-state index in [9.17, 15) is 8.42 Å². The molecule has 0 N–H and O–H groups in total. The highest BCUT2D eigenvalue weighted by atomic mass is 35.5. The molecular formula is C17H19ClO2S. The van der Waals surface area contributed by atoms with Crippen molar-refractivity contribution in [2.75, 3.05) is 6.26 Å². The first kappa shape index (κ1) is 16.1. The van der Waals surface area contributed by atoms with E-state index in [0.717, 1.165) is 22.3 Å². The van der Waals surface area contributed by atoms with Crippen molar-refractivity contribution in [3.05, 3.63) is 64.2 Å². The Morgan fingerprint density at radius 1 is 0.952 bits per heavy atom. The van der Waals surface area contributed by atoms with E-state index in [1.165, 1.54) is 11.8 Å². The molecule has 2 rings (SSSR count). The van der Waals surface area contributed by atoms with Gasteiger partial charge in [0.2, 0.25) is 0 Å². The maximum atomic E-state index is 11.5. The molecule has 1 atom stereocenters. The summed E-state index contributed by atoms with van der Waals surface area (Å²) in [5.74, 6) is 0. The van der Waals surface area contributed by atoms with Crippen molar-refractivity contribution < 1.29 is 8.42 Å². The van der Waals surface area contributed by atoms with Gasteiger partial charge in [-0.15, -0.1) is 11.6 Å². The highest BCUT2D eigenvalue weighted by Gasteiger charge is 2.17. The molecule has 0 saturated carbocycles. The molecule has 2 aromatic rings. The minimum Gasteiger partial charge on any atom is -0.224 e. The molecule has 0 amide bonds. The molecule has 0 radical (unpaired) electrons. The number of aryl methyl sites for hydroxylation is 3. The van der Waals surface area contributed by atoms with Crippen LogP contribution in [0.1, 0.15) is 33.2 Å². The minimum atomic E-state index is -3.17. The first-order chi connectivity index (χ1) is 9.70. The van der Waals surface area contributed by atoms with E-state index in [0.29, 0.717) is 4.90 Å². The number of sulfone groups is 1. The molecule has 4 heteroatoms. The second-order valence-electron chi connectivity index (χ2n) is 5.52. The second kappa shape index (κ2) is 5.82. The number of hydrogen-bond donors (Lipinski definition) is 0. The smallest absolute Gasteiger partial charge is 0.175 e. The van der Waals surface area contributed by atoms with Crippen LogP contribution in [0.3, 0.4) is 0 Å². The first-order valence-corrected chi connectivity index (χ1v) is 9.05. The summed E-state index contributed by atoms with van der Waals surface area (Å²) >= 11 is 6.61. The van der Waals surface area contributed by atoms with Crippen molar-refractivity contribution in [2.45, 2.75) is 31.0 Å². The predicted molar refractivity (Wildman–Crippen MR) is 87.9 cm³/mol. The monoisotopic (exact) mass is 322 g/mol. The fraction of sp³-hybridized carbons (Fsp3) is 0.294. The maximum Gasteiger partial charge on any atom is 0.175 e. The summed E-state index contributed by atoms with van der Waals surface area (Å²) in [7, 11) is -3.17. The van der Waals surface area contributed by atoms with Gasteiger partial charge < -0.3 is 0 Å². The molecule has 0 aliphatic carbocycles. The molecule has 0 aliphatic rings. The van der Waals surface area contributed by atoms with Crippen molar-refractivity contribution in [1.82, 2.24) is 0 Å². The van der Waals surface area contributed by atoms with Crippen molar-refractivity contribution in [3.8, 4) is 0 Å². The molecule has 112 valence electrons. The molecule has 21 heavy (non-hydrogen) atoms. The molecule has 0 fully saturated rings. The third-order valence-electron chi connectivity index (χ3n) is 3.59. The molecule has 0 aliphatic heterocycles. The van der Waals surface area contributed by atoms with Crippen LogP contribution in [0, 0.1) is 20.8 Å². The first-order valence-electron chi connectivity index (χ1n) is 6.72. The Kier molecular flexibility index (Phi) is 4.45. The van der Waals surface area contributed by atoms with Gasteiger partial charge in [0, 0.05) is 6.26 Å². The van der Waals surface area contributed by atoms with Gasteiger partial charge >= 0.3 is 0 Å². The highest BCUT2D eigenvalue weighted by molar-refractivity contribution is 7.90. The van der Waals surface area contributed by atoms with Gasteiger partial charge in [0.1, 0.15) is 0 Å². The van der Waals surface area contributed by atoms with E-state index in [4.69, 9.17) is 11.6 Å². The van der Waals surface area contributed by atoms with Crippen molar-refractivity contribution in [3.63, 3.8) is 0 Å². The summed E-state index contributed by atoms with van der Waals surface area (Å²) < 4.78 is 23.0. The summed E-state index contributed by atoms with van der Waals surface area (Å²) in [6.07, 6.45) is 1.20. The van der Waals surface area contributed by atoms with Gasteiger partial charge in [0.15, 0.2) is 9.84 Å². The number of hydrogen-bond acceptors (Lipinski definition) is 2. The number of benzene rings is 2. The van der Waals surface area contributed by atoms with Crippen LogP contribution in [-0.2, 0) is 9.84 Å². The fourth-order valence-corrected chi connectivity index (χ4v) is 3.76. The zero-order chi connectivity index (χ0) is 15.8. The predicted octanol–water partition coefficient (Wildman–Crippen LogP) is 4.34. The second-order valence-corrected chi connectivity index (χ2v) is 7.97. The van der Waals surface area contributed by atoms with Crippen LogP contribution in [0.4, 0.5) is 0 Å². The third-order valence-corrected chi connectivity index (χ3v) is 5.19. The molecule has 2 aromatic carbocycles. The van der Waals surface area contributed by atoms with E-state index in [1.54, 1.807) is 24.3 Å². The van der Waals surface area contributed by atoms with Gasteiger partial charge in [0.05, 0.1) is 10.3 Å². The number of halogens is 1. The normalized spacial score (nSPS) is 13.2. The minimum absolute atomic E-state index is 0.279. The fourth-order valence-electron chi connectivity index (χ4n) is 2.64. The number of rotatable bonds is 3. The molecule has 2 nitrogen and oxygen atoms in total. The van der Waals surface area contributed by atoms with Gasteiger partial charge in [-0.2, -0.15) is 0 Å². The van der Waals surface area contributed by atoms with Crippen LogP contribution in [0.15, 0.2) is 41.3 Å². The molecule has 0 bridgehead atoms. The van der Waals surface area contributed by atoms with E-state index < -0.39 is 9.84 Å². The van der Waals surface area contributed by atoms with Crippen molar-refractivity contribution in [1.29, 1.82) is 0 Å². The van der Waals surface area contributed by atoms with Crippen LogP contribution in [0.5, 0.6) is 0 Å². The zero-order valence-corrected chi connectivity index (χ0v) is 14.2. The average molecular weight is 323 g/mol. The zero-order valence-electron chi connectivity index (χ0n) is 12.6. The van der Waals surface area contributed by atoms with Crippen LogP contribution < -0.4 is 0 Å². The molecule has 0 saturated heterocycles. The van der Waals surface area contributed by atoms with Crippen molar-refractivity contribution >= 4 is 21.4 Å². The van der Waals surface area contributed by atoms with Gasteiger partial charge in [-0.1, -0.05) is 29.8 Å². The van der Waals surface area contributed by atoms with Crippen LogP contribution >= 0.6 is 11.6 Å². The molecule has 1 unspecified atom stereocenters. The van der Waals surface area contributed by atoms with Crippen molar-refractivity contribution in [2.24, 2.45) is 0 Å². The van der Waals surface area contributed by atoms with Gasteiger partial charge in [-0.3, -0.25) is 0 Å². The lowest BCUT2D eigenvalue weighted by atomic mass is 9.94. The topological polar surface area (TPSA) is 34.1 Å². The largest absolute Gasteiger partial charge is 0.224 e. The standard InChI is InChI=1S/C17H19ClO2S/c1-11-9-12(2)16(13(3)10-11)17(18)14-5-7-15(8-6-14)21(4,19)20/h5-10,17H,1-4H3. The Labute approximate surface area is 131 Å². The van der Waals surface area contributed by atoms with E-state index in [2.05, 4.69) is 32.9 Å². The van der Waals surface area contributed by atoms with Crippen LogP contribution in [-0.4, -0.2) is 14.7 Å². The Bertz CT molecular complexity index is 739. The summed E-state index contributed by atoms with van der Waals surface area (Å²) in [4.78, 5) is 0.312. The summed E-state index contributed by atoms with van der Waals surface area (Å²) in [5, 5.41) is -0.279. The maximum absolute atomic E-state index is 11.5. The quantitative estimate of drug-likeness (QED) is 0.788. The van der Waals surface area contributed by atoms with Crippen LogP contribution in [0.2, 0.25) is 0 Å².